The molecule has 1 aromatic carbocycles. The highest BCUT2D eigenvalue weighted by molar-refractivity contribution is 5.97. The third-order valence-electron chi connectivity index (χ3n) is 2.93. The van der Waals surface area contributed by atoms with E-state index < -0.39 is 10.7 Å². The van der Waals surface area contributed by atoms with Crippen LogP contribution in [0.2, 0.25) is 0 Å². The van der Waals surface area contributed by atoms with E-state index in [9.17, 15) is 14.5 Å². The van der Waals surface area contributed by atoms with Crippen LogP contribution in [0.3, 0.4) is 0 Å². The van der Waals surface area contributed by atoms with Gasteiger partial charge in [-0.3, -0.25) is 15.1 Å². The molecule has 0 aliphatic heterocycles. The molecule has 0 bridgehead atoms. The second kappa shape index (κ2) is 5.64. The van der Waals surface area contributed by atoms with Crippen molar-refractivity contribution in [2.75, 3.05) is 5.32 Å². The SMILES string of the molecule is C=CCC(C)Nc1c(F)cc([N+](=O)[O-])c2cccnc12. The summed E-state index contributed by atoms with van der Waals surface area (Å²) in [5, 5.41) is 14.3. The van der Waals surface area contributed by atoms with Gasteiger partial charge in [-0.05, 0) is 25.5 Å². The summed E-state index contributed by atoms with van der Waals surface area (Å²) >= 11 is 0. The average molecular weight is 275 g/mol. The first kappa shape index (κ1) is 13.9. The van der Waals surface area contributed by atoms with Crippen LogP contribution < -0.4 is 5.32 Å². The minimum atomic E-state index is -0.682. The topological polar surface area (TPSA) is 68.1 Å². The molecular formula is C14H14FN3O2. The Bertz CT molecular complexity index is 673. The molecule has 2 aromatic rings. The number of nitrogens with one attached hydrogen (secondary N) is 1. The van der Waals surface area contributed by atoms with E-state index in [4.69, 9.17) is 0 Å². The molecule has 6 heteroatoms. The zero-order valence-corrected chi connectivity index (χ0v) is 11.0. The van der Waals surface area contributed by atoms with Crippen LogP contribution in [0.1, 0.15) is 13.3 Å². The van der Waals surface area contributed by atoms with Gasteiger partial charge in [0.25, 0.3) is 5.69 Å². The highest BCUT2D eigenvalue weighted by Gasteiger charge is 2.20. The summed E-state index contributed by atoms with van der Waals surface area (Å²) in [5.74, 6) is -0.682. The summed E-state index contributed by atoms with van der Waals surface area (Å²) in [5.41, 5.74) is 0.156. The summed E-state index contributed by atoms with van der Waals surface area (Å²) in [6.07, 6.45) is 3.84. The van der Waals surface area contributed by atoms with Gasteiger partial charge in [0.05, 0.1) is 22.1 Å². The molecule has 1 aromatic heterocycles. The maximum Gasteiger partial charge on any atom is 0.281 e. The van der Waals surface area contributed by atoms with Crippen LogP contribution in [0.15, 0.2) is 37.1 Å². The quantitative estimate of drug-likeness (QED) is 0.513. The Morgan fingerprint density at radius 3 is 3.05 bits per heavy atom. The first-order valence-corrected chi connectivity index (χ1v) is 6.13. The van der Waals surface area contributed by atoms with Crippen LogP contribution in [-0.2, 0) is 0 Å². The molecule has 0 saturated heterocycles. The largest absolute Gasteiger partial charge is 0.378 e. The Balaban J connectivity index is 2.60. The minimum absolute atomic E-state index is 0.0475. The number of aromatic nitrogens is 1. The number of nitro groups is 1. The van der Waals surface area contributed by atoms with Gasteiger partial charge in [-0.1, -0.05) is 6.08 Å². The number of hydrogen-bond acceptors (Lipinski definition) is 4. The smallest absolute Gasteiger partial charge is 0.281 e. The molecule has 5 nitrogen and oxygen atoms in total. The molecule has 1 unspecified atom stereocenters. The number of non-ortho nitro benzene ring substituents is 1. The fourth-order valence-electron chi connectivity index (χ4n) is 2.04. The van der Waals surface area contributed by atoms with E-state index in [2.05, 4.69) is 16.9 Å². The van der Waals surface area contributed by atoms with Crippen LogP contribution in [0.4, 0.5) is 15.8 Å². The van der Waals surface area contributed by atoms with Crippen molar-refractivity contribution in [2.24, 2.45) is 0 Å². The lowest BCUT2D eigenvalue weighted by Gasteiger charge is -2.15. The normalized spacial score (nSPS) is 12.1. The van der Waals surface area contributed by atoms with Crippen molar-refractivity contribution in [3.05, 3.63) is 53.0 Å². The molecular weight excluding hydrogens is 261 g/mol. The van der Waals surface area contributed by atoms with Gasteiger partial charge in [-0.2, -0.15) is 0 Å². The van der Waals surface area contributed by atoms with E-state index in [1.54, 1.807) is 18.2 Å². The summed E-state index contributed by atoms with van der Waals surface area (Å²) in [6, 6.07) is 4.02. The number of pyridine rings is 1. The number of halogens is 1. The third-order valence-corrected chi connectivity index (χ3v) is 2.93. The summed E-state index contributed by atoms with van der Waals surface area (Å²) in [4.78, 5) is 14.4. The van der Waals surface area contributed by atoms with E-state index in [1.165, 1.54) is 6.20 Å². The van der Waals surface area contributed by atoms with Gasteiger partial charge in [0.1, 0.15) is 5.52 Å². The average Bonchev–Trinajstić information content (AvgIpc) is 2.41. The Morgan fingerprint density at radius 1 is 1.65 bits per heavy atom. The van der Waals surface area contributed by atoms with Gasteiger partial charge in [0.15, 0.2) is 5.82 Å². The van der Waals surface area contributed by atoms with Gasteiger partial charge in [0, 0.05) is 12.2 Å². The highest BCUT2D eigenvalue weighted by Crippen LogP contribution is 2.33. The predicted molar refractivity (Wildman–Crippen MR) is 76.3 cm³/mol. The molecule has 0 spiro atoms. The monoisotopic (exact) mass is 275 g/mol. The number of fused-ring (bicyclic) bond motifs is 1. The van der Waals surface area contributed by atoms with E-state index in [1.807, 2.05) is 6.92 Å². The Morgan fingerprint density at radius 2 is 2.40 bits per heavy atom. The highest BCUT2D eigenvalue weighted by atomic mass is 19.1. The molecule has 0 amide bonds. The van der Waals surface area contributed by atoms with Crippen molar-refractivity contribution in [1.82, 2.24) is 4.98 Å². The second-order valence-corrected chi connectivity index (χ2v) is 4.48. The van der Waals surface area contributed by atoms with Gasteiger partial charge in [-0.25, -0.2) is 4.39 Å². The standard InChI is InChI=1S/C14H14FN3O2/c1-3-5-9(2)17-14-11(15)8-12(18(19)20)10-6-4-7-16-13(10)14/h3-4,6-9,17H,1,5H2,2H3. The van der Waals surface area contributed by atoms with E-state index in [0.717, 1.165) is 6.07 Å². The van der Waals surface area contributed by atoms with Crippen molar-refractivity contribution in [1.29, 1.82) is 0 Å². The molecule has 0 fully saturated rings. The van der Waals surface area contributed by atoms with Crippen LogP contribution >= 0.6 is 0 Å². The van der Waals surface area contributed by atoms with Crippen molar-refractivity contribution in [2.45, 2.75) is 19.4 Å². The lowest BCUT2D eigenvalue weighted by molar-refractivity contribution is -0.383. The lowest BCUT2D eigenvalue weighted by atomic mass is 10.1. The third kappa shape index (κ3) is 2.59. The zero-order chi connectivity index (χ0) is 14.7. The molecule has 0 saturated carbocycles. The first-order chi connectivity index (χ1) is 9.54. The number of rotatable bonds is 5. The number of nitrogens with zero attached hydrogens (tertiary/aromatic N) is 2. The first-order valence-electron chi connectivity index (χ1n) is 6.13. The predicted octanol–water partition coefficient (Wildman–Crippen LogP) is 3.66. The van der Waals surface area contributed by atoms with Crippen LogP contribution in [0.5, 0.6) is 0 Å². The molecule has 1 N–H and O–H groups in total. The van der Waals surface area contributed by atoms with Crippen LogP contribution in [0, 0.1) is 15.9 Å². The van der Waals surface area contributed by atoms with Crippen molar-refractivity contribution in [3.63, 3.8) is 0 Å². The van der Waals surface area contributed by atoms with Gasteiger partial charge in [-0.15, -0.1) is 6.58 Å². The summed E-state index contributed by atoms with van der Waals surface area (Å²) in [6.45, 7) is 5.50. The number of benzene rings is 1. The molecule has 0 radical (unpaired) electrons. The molecule has 0 aliphatic rings. The Kier molecular flexibility index (Phi) is 3.93. The fourth-order valence-corrected chi connectivity index (χ4v) is 2.04. The van der Waals surface area contributed by atoms with Crippen molar-refractivity contribution in [3.8, 4) is 0 Å². The number of anilines is 1. The van der Waals surface area contributed by atoms with Crippen molar-refractivity contribution >= 4 is 22.3 Å². The van der Waals surface area contributed by atoms with E-state index >= 15 is 0 Å². The lowest BCUT2D eigenvalue weighted by Crippen LogP contribution is -2.15. The summed E-state index contributed by atoms with van der Waals surface area (Å²) in [7, 11) is 0. The number of hydrogen-bond donors (Lipinski definition) is 1. The maximum absolute atomic E-state index is 14.1. The molecule has 2 rings (SSSR count). The van der Waals surface area contributed by atoms with Gasteiger partial charge in [0.2, 0.25) is 0 Å². The van der Waals surface area contributed by atoms with Crippen LogP contribution in [0.25, 0.3) is 10.9 Å². The molecule has 20 heavy (non-hydrogen) atoms. The fraction of sp³-hybridized carbons (Fsp3) is 0.214. The van der Waals surface area contributed by atoms with Crippen molar-refractivity contribution < 1.29 is 9.31 Å². The Labute approximate surface area is 115 Å². The summed E-state index contributed by atoms with van der Waals surface area (Å²) < 4.78 is 14.1. The van der Waals surface area contributed by atoms with E-state index in [-0.39, 0.29) is 22.9 Å². The molecule has 104 valence electrons. The minimum Gasteiger partial charge on any atom is -0.378 e. The Hall–Kier alpha value is -2.50. The van der Waals surface area contributed by atoms with E-state index in [0.29, 0.717) is 11.8 Å². The number of nitro benzene ring substituents is 1. The molecule has 1 atom stereocenters. The van der Waals surface area contributed by atoms with Crippen LogP contribution in [-0.4, -0.2) is 15.9 Å². The van der Waals surface area contributed by atoms with Gasteiger partial charge < -0.3 is 5.32 Å². The zero-order valence-electron chi connectivity index (χ0n) is 11.0. The molecule has 1 heterocycles. The van der Waals surface area contributed by atoms with Gasteiger partial charge >= 0.3 is 0 Å². The maximum atomic E-state index is 14.1. The second-order valence-electron chi connectivity index (χ2n) is 4.48. The molecule has 0 aliphatic carbocycles.